The van der Waals surface area contributed by atoms with Crippen LogP contribution >= 0.6 is 11.6 Å². The van der Waals surface area contributed by atoms with Crippen molar-refractivity contribution in [2.24, 2.45) is 0 Å². The zero-order valence-electron chi connectivity index (χ0n) is 14.5. The van der Waals surface area contributed by atoms with E-state index in [1.54, 1.807) is 12.3 Å². The number of aromatic nitrogens is 1. The summed E-state index contributed by atoms with van der Waals surface area (Å²) in [5.41, 5.74) is 1.69. The molecule has 1 N–H and O–H groups in total. The van der Waals surface area contributed by atoms with Gasteiger partial charge in [0, 0.05) is 16.8 Å². The van der Waals surface area contributed by atoms with E-state index in [1.807, 2.05) is 38.1 Å². The van der Waals surface area contributed by atoms with Crippen LogP contribution in [0.3, 0.4) is 0 Å². The van der Waals surface area contributed by atoms with Crippen LogP contribution in [-0.4, -0.2) is 38.3 Å². The fourth-order valence-electron chi connectivity index (χ4n) is 2.90. The molecule has 0 saturated carbocycles. The summed E-state index contributed by atoms with van der Waals surface area (Å²) in [5, 5.41) is 0.761. The molecule has 0 atom stereocenters. The van der Waals surface area contributed by atoms with Gasteiger partial charge in [-0.2, -0.15) is 0 Å². The average molecular weight is 361 g/mol. The molecule has 0 bridgehead atoms. The largest absolute Gasteiger partial charge is 0.459 e. The number of ether oxygens (including phenoxy) is 1. The van der Waals surface area contributed by atoms with Crippen molar-refractivity contribution in [3.63, 3.8) is 0 Å². The van der Waals surface area contributed by atoms with Gasteiger partial charge in [0.15, 0.2) is 0 Å². The zero-order chi connectivity index (χ0) is 17.8. The second-order valence-electron chi connectivity index (χ2n) is 6.37. The molecule has 6 heteroatoms. The molecule has 1 aliphatic heterocycles. The van der Waals surface area contributed by atoms with Gasteiger partial charge < -0.3 is 9.64 Å². The molecule has 25 heavy (non-hydrogen) atoms. The monoisotopic (exact) mass is 360 g/mol. The number of pyridine rings is 1. The smallest absolute Gasteiger partial charge is 0.342 e. The maximum atomic E-state index is 11.9. The van der Waals surface area contributed by atoms with Crippen molar-refractivity contribution < 1.29 is 14.5 Å². The van der Waals surface area contributed by atoms with E-state index >= 15 is 0 Å². The summed E-state index contributed by atoms with van der Waals surface area (Å²) in [4.78, 5) is 19.7. The number of aromatic amines is 1. The summed E-state index contributed by atoms with van der Waals surface area (Å²) >= 11 is 6.08. The Bertz CT molecular complexity index is 726. The van der Waals surface area contributed by atoms with Crippen LogP contribution in [0.2, 0.25) is 5.02 Å². The lowest BCUT2D eigenvalue weighted by Crippen LogP contribution is -2.48. The number of nitrogens with one attached hydrogen (secondary N) is 1. The highest BCUT2D eigenvalue weighted by Crippen LogP contribution is 2.21. The van der Waals surface area contributed by atoms with E-state index in [1.165, 1.54) is 0 Å². The number of hydrogen-bond acceptors (Lipinski definition) is 4. The van der Waals surface area contributed by atoms with Gasteiger partial charge in [-0.25, -0.2) is 9.78 Å². The number of H-pyrrole nitrogens is 1. The van der Waals surface area contributed by atoms with E-state index in [4.69, 9.17) is 16.3 Å². The van der Waals surface area contributed by atoms with Crippen molar-refractivity contribution >= 4 is 29.1 Å². The predicted octanol–water partition coefficient (Wildman–Crippen LogP) is 3.05. The van der Waals surface area contributed by atoms with Crippen molar-refractivity contribution in [2.75, 3.05) is 36.0 Å². The van der Waals surface area contributed by atoms with Gasteiger partial charge in [0.1, 0.15) is 19.3 Å². The molecular formula is C19H23ClN3O2+. The maximum Gasteiger partial charge on any atom is 0.342 e. The molecule has 132 valence electrons. The highest BCUT2D eigenvalue weighted by Gasteiger charge is 2.24. The Morgan fingerprint density at radius 3 is 2.44 bits per heavy atom. The van der Waals surface area contributed by atoms with Crippen LogP contribution in [0.1, 0.15) is 24.2 Å². The summed E-state index contributed by atoms with van der Waals surface area (Å²) in [5.74, 6) is 0.704. The number of benzene rings is 1. The highest BCUT2D eigenvalue weighted by atomic mass is 35.5. The minimum Gasteiger partial charge on any atom is -0.459 e. The van der Waals surface area contributed by atoms with Crippen LogP contribution in [0.15, 0.2) is 42.6 Å². The van der Waals surface area contributed by atoms with E-state index < -0.39 is 0 Å². The first-order chi connectivity index (χ1) is 12.0. The van der Waals surface area contributed by atoms with Crippen LogP contribution in [-0.2, 0) is 4.74 Å². The van der Waals surface area contributed by atoms with E-state index in [2.05, 4.69) is 20.9 Å². The van der Waals surface area contributed by atoms with Gasteiger partial charge in [-0.3, -0.25) is 4.90 Å². The number of nitrogens with zero attached hydrogens (tertiary/aromatic N) is 2. The van der Waals surface area contributed by atoms with Crippen molar-refractivity contribution in [1.29, 1.82) is 0 Å². The minimum atomic E-state index is -0.302. The van der Waals surface area contributed by atoms with Gasteiger partial charge in [-0.15, -0.1) is 0 Å². The van der Waals surface area contributed by atoms with E-state index in [0.29, 0.717) is 5.56 Å². The summed E-state index contributed by atoms with van der Waals surface area (Å²) in [7, 11) is 0. The van der Waals surface area contributed by atoms with Crippen LogP contribution < -0.4 is 14.8 Å². The van der Waals surface area contributed by atoms with Crippen molar-refractivity contribution in [3.8, 4) is 0 Å². The van der Waals surface area contributed by atoms with E-state index in [0.717, 1.165) is 42.7 Å². The van der Waals surface area contributed by atoms with Crippen LogP contribution in [0.25, 0.3) is 0 Å². The van der Waals surface area contributed by atoms with Gasteiger partial charge in [0.25, 0.3) is 5.82 Å². The maximum absolute atomic E-state index is 11.9. The molecule has 0 spiro atoms. The third-order valence-electron chi connectivity index (χ3n) is 4.17. The normalized spacial score (nSPS) is 14.7. The van der Waals surface area contributed by atoms with Crippen LogP contribution in [0.4, 0.5) is 11.5 Å². The van der Waals surface area contributed by atoms with E-state index in [-0.39, 0.29) is 12.1 Å². The molecule has 2 aromatic rings. The Balaban J connectivity index is 1.60. The molecule has 1 saturated heterocycles. The molecule has 0 radical (unpaired) electrons. The standard InChI is InChI=1S/C19H22ClN3O2/c1-14(2)25-19(24)15-6-7-18(21-13-15)23-10-8-22(9-11-23)17-5-3-4-16(20)12-17/h3-7,12-14H,8-11H2,1-2H3/p+1. The number of carbonyl (C=O) groups is 1. The molecule has 5 nitrogen and oxygen atoms in total. The fourth-order valence-corrected chi connectivity index (χ4v) is 3.09. The number of anilines is 2. The number of hydrogen-bond donors (Lipinski definition) is 0. The Kier molecular flexibility index (Phi) is 5.43. The molecular weight excluding hydrogens is 338 g/mol. The highest BCUT2D eigenvalue weighted by molar-refractivity contribution is 6.30. The van der Waals surface area contributed by atoms with Gasteiger partial charge in [0.05, 0.1) is 24.8 Å². The van der Waals surface area contributed by atoms with Crippen molar-refractivity contribution in [1.82, 2.24) is 0 Å². The van der Waals surface area contributed by atoms with Gasteiger partial charge >= 0.3 is 5.97 Å². The van der Waals surface area contributed by atoms with Gasteiger partial charge in [-0.1, -0.05) is 17.7 Å². The number of esters is 1. The lowest BCUT2D eigenvalue weighted by Gasteiger charge is -2.32. The number of halogens is 1. The third-order valence-corrected chi connectivity index (χ3v) is 4.40. The lowest BCUT2D eigenvalue weighted by atomic mass is 10.2. The second kappa shape index (κ2) is 7.74. The summed E-state index contributed by atoms with van der Waals surface area (Å²) < 4.78 is 5.20. The molecule has 0 unspecified atom stereocenters. The number of rotatable bonds is 4. The number of piperazine rings is 1. The predicted molar refractivity (Wildman–Crippen MR) is 99.4 cm³/mol. The van der Waals surface area contributed by atoms with Crippen molar-refractivity contribution in [3.05, 3.63) is 53.2 Å². The first-order valence-corrected chi connectivity index (χ1v) is 8.89. The average Bonchev–Trinajstić information content (AvgIpc) is 2.61. The quantitative estimate of drug-likeness (QED) is 0.786. The van der Waals surface area contributed by atoms with Crippen LogP contribution in [0.5, 0.6) is 0 Å². The van der Waals surface area contributed by atoms with Gasteiger partial charge in [-0.05, 0) is 38.1 Å². The molecule has 0 aliphatic carbocycles. The molecule has 0 amide bonds. The SMILES string of the molecule is CC(C)OC(=O)c1ccc(N2CCN(c3cccc(Cl)c3)CC2)[nH+]c1. The number of carbonyl (C=O) groups excluding carboxylic acids is 1. The molecule has 1 aromatic heterocycles. The van der Waals surface area contributed by atoms with Crippen molar-refractivity contribution in [2.45, 2.75) is 20.0 Å². The molecule has 1 aliphatic rings. The Hall–Kier alpha value is -2.27. The minimum absolute atomic E-state index is 0.119. The molecule has 2 heterocycles. The summed E-state index contributed by atoms with van der Waals surface area (Å²) in [6.07, 6.45) is 1.59. The van der Waals surface area contributed by atoms with E-state index in [9.17, 15) is 4.79 Å². The summed E-state index contributed by atoms with van der Waals surface area (Å²) in [6, 6.07) is 11.7. The summed E-state index contributed by atoms with van der Waals surface area (Å²) in [6.45, 7) is 7.33. The fraction of sp³-hybridized carbons (Fsp3) is 0.368. The Morgan fingerprint density at radius 1 is 1.12 bits per heavy atom. The Morgan fingerprint density at radius 2 is 1.84 bits per heavy atom. The topological polar surface area (TPSA) is 46.9 Å². The third kappa shape index (κ3) is 4.42. The molecule has 3 rings (SSSR count). The molecule has 1 fully saturated rings. The lowest BCUT2D eigenvalue weighted by molar-refractivity contribution is -0.364. The molecule has 1 aromatic carbocycles. The first-order valence-electron chi connectivity index (χ1n) is 8.51. The zero-order valence-corrected chi connectivity index (χ0v) is 15.3. The Labute approximate surface area is 153 Å². The second-order valence-corrected chi connectivity index (χ2v) is 6.81. The van der Waals surface area contributed by atoms with Crippen LogP contribution in [0, 0.1) is 0 Å². The van der Waals surface area contributed by atoms with Gasteiger partial charge in [0.2, 0.25) is 0 Å². The first kappa shape index (κ1) is 17.5.